The van der Waals surface area contributed by atoms with Crippen LogP contribution in [0.5, 0.6) is 5.75 Å². The number of benzene rings is 1. The summed E-state index contributed by atoms with van der Waals surface area (Å²) in [5.41, 5.74) is 0.575. The molecule has 1 atom stereocenters. The number of carbonyl (C=O) groups is 2. The van der Waals surface area contributed by atoms with E-state index in [9.17, 15) is 36.6 Å². The largest absolute Gasteiger partial charge is 0.485 e. The number of carboxylic acid groups (broad SMARTS) is 1. The molecule has 188 valence electrons. The van der Waals surface area contributed by atoms with Gasteiger partial charge >= 0.3 is 12.1 Å². The van der Waals surface area contributed by atoms with Crippen molar-refractivity contribution in [2.24, 2.45) is 0 Å². The number of aromatic nitrogens is 2. The fourth-order valence-corrected chi connectivity index (χ4v) is 3.55. The zero-order valence-corrected chi connectivity index (χ0v) is 18.7. The Morgan fingerprint density at radius 3 is 2.46 bits per heavy atom. The smallest absolute Gasteiger partial charge is 0.389 e. The van der Waals surface area contributed by atoms with E-state index in [0.29, 0.717) is 5.56 Å². The summed E-state index contributed by atoms with van der Waals surface area (Å²) in [4.78, 5) is 28.7. The van der Waals surface area contributed by atoms with Crippen molar-refractivity contribution in [3.63, 3.8) is 0 Å². The average molecular weight is 499 g/mol. The number of nitrogens with zero attached hydrogens (tertiary/aromatic N) is 2. The van der Waals surface area contributed by atoms with E-state index in [1.54, 1.807) is 13.0 Å². The van der Waals surface area contributed by atoms with Crippen molar-refractivity contribution < 1.29 is 41.4 Å². The Labute approximate surface area is 196 Å². The standard InChI is InChI=1S/C23H22F5N3O4/c1-12-9-18(35-11-14-15(24)5-3-6-16(14)25)20-29-13(2)19(31(20)10-12)21(32)30-17(22(33)34)7-4-8-23(26,27)28/h3,5-6,9-10,17H,4,7-8,11H2,1-2H3,(H,30,32)(H,33,34)/t17-/m0/s1. The highest BCUT2D eigenvalue weighted by molar-refractivity contribution is 5.97. The highest BCUT2D eigenvalue weighted by atomic mass is 19.4. The van der Waals surface area contributed by atoms with Crippen LogP contribution in [0.25, 0.3) is 5.65 Å². The van der Waals surface area contributed by atoms with Crippen LogP contribution >= 0.6 is 0 Å². The van der Waals surface area contributed by atoms with E-state index < -0.39 is 61.6 Å². The van der Waals surface area contributed by atoms with Gasteiger partial charge in [0.2, 0.25) is 0 Å². The molecule has 35 heavy (non-hydrogen) atoms. The van der Waals surface area contributed by atoms with Crippen LogP contribution in [-0.4, -0.2) is 38.6 Å². The van der Waals surface area contributed by atoms with Crippen LogP contribution in [-0.2, 0) is 11.4 Å². The van der Waals surface area contributed by atoms with Gasteiger partial charge in [-0.15, -0.1) is 0 Å². The van der Waals surface area contributed by atoms with E-state index in [2.05, 4.69) is 10.3 Å². The fourth-order valence-electron chi connectivity index (χ4n) is 3.55. The van der Waals surface area contributed by atoms with Gasteiger partial charge in [-0.3, -0.25) is 9.20 Å². The summed E-state index contributed by atoms with van der Waals surface area (Å²) in [6, 6.07) is 3.40. The Hall–Kier alpha value is -3.70. The topological polar surface area (TPSA) is 92.9 Å². The molecule has 0 saturated heterocycles. The molecule has 0 aliphatic rings. The SMILES string of the molecule is Cc1cc(OCc2c(F)cccc2F)c2nc(C)c(C(=O)N[C@@H](CCCC(F)(F)F)C(=O)O)n2c1. The minimum absolute atomic E-state index is 0.0484. The van der Waals surface area contributed by atoms with E-state index in [-0.39, 0.29) is 28.3 Å². The number of alkyl halides is 3. The lowest BCUT2D eigenvalue weighted by Crippen LogP contribution is -2.41. The number of halogens is 5. The highest BCUT2D eigenvalue weighted by Crippen LogP contribution is 2.26. The first kappa shape index (κ1) is 25.9. The third-order valence-corrected chi connectivity index (χ3v) is 5.20. The zero-order valence-electron chi connectivity index (χ0n) is 18.7. The number of imidazole rings is 1. The quantitative estimate of drug-likeness (QED) is 0.416. The zero-order chi connectivity index (χ0) is 25.9. The molecule has 2 N–H and O–H groups in total. The summed E-state index contributed by atoms with van der Waals surface area (Å²) < 4.78 is 72.1. The Balaban J connectivity index is 1.86. The van der Waals surface area contributed by atoms with Crippen LogP contribution in [0.3, 0.4) is 0 Å². The van der Waals surface area contributed by atoms with Gasteiger partial charge in [0.1, 0.15) is 30.0 Å². The molecular weight excluding hydrogens is 477 g/mol. The second-order valence-corrected chi connectivity index (χ2v) is 7.98. The molecule has 0 bridgehead atoms. The Morgan fingerprint density at radius 2 is 1.86 bits per heavy atom. The average Bonchev–Trinajstić information content (AvgIpc) is 3.07. The monoisotopic (exact) mass is 499 g/mol. The number of aryl methyl sites for hydroxylation is 2. The first-order valence-corrected chi connectivity index (χ1v) is 10.5. The Kier molecular flexibility index (Phi) is 7.61. The fraction of sp³-hybridized carbons (Fsp3) is 0.348. The predicted octanol–water partition coefficient (Wildman–Crippen LogP) is 4.72. The number of hydrogen-bond donors (Lipinski definition) is 2. The molecule has 12 heteroatoms. The van der Waals surface area contributed by atoms with Gasteiger partial charge in [-0.1, -0.05) is 6.07 Å². The maximum absolute atomic E-state index is 14.0. The minimum Gasteiger partial charge on any atom is -0.485 e. The van der Waals surface area contributed by atoms with E-state index >= 15 is 0 Å². The summed E-state index contributed by atoms with van der Waals surface area (Å²) in [6.45, 7) is 2.70. The maximum atomic E-state index is 14.0. The third-order valence-electron chi connectivity index (χ3n) is 5.20. The number of nitrogens with one attached hydrogen (secondary N) is 1. The first-order valence-electron chi connectivity index (χ1n) is 10.5. The molecule has 0 aliphatic heterocycles. The van der Waals surface area contributed by atoms with E-state index in [1.165, 1.54) is 23.6 Å². The number of aliphatic carboxylic acids is 1. The van der Waals surface area contributed by atoms with Crippen molar-refractivity contribution in [1.29, 1.82) is 0 Å². The molecule has 0 aliphatic carbocycles. The summed E-state index contributed by atoms with van der Waals surface area (Å²) in [5, 5.41) is 11.6. The summed E-state index contributed by atoms with van der Waals surface area (Å²) >= 11 is 0. The van der Waals surface area contributed by atoms with Crippen molar-refractivity contribution in [3.8, 4) is 5.75 Å². The molecule has 2 aromatic heterocycles. The number of pyridine rings is 1. The van der Waals surface area contributed by atoms with Gasteiger partial charge in [0.15, 0.2) is 11.4 Å². The van der Waals surface area contributed by atoms with Crippen molar-refractivity contribution >= 4 is 17.5 Å². The van der Waals surface area contributed by atoms with Crippen molar-refractivity contribution in [2.45, 2.75) is 51.9 Å². The van der Waals surface area contributed by atoms with Crippen LogP contribution in [0.4, 0.5) is 22.0 Å². The van der Waals surface area contributed by atoms with Gasteiger partial charge < -0.3 is 15.2 Å². The van der Waals surface area contributed by atoms with E-state index in [4.69, 9.17) is 4.74 Å². The van der Waals surface area contributed by atoms with Gasteiger partial charge in [0.05, 0.1) is 11.3 Å². The number of hydrogen-bond acceptors (Lipinski definition) is 4. The number of fused-ring (bicyclic) bond motifs is 1. The number of rotatable bonds is 9. The summed E-state index contributed by atoms with van der Waals surface area (Å²) in [6.07, 6.45) is -4.98. The van der Waals surface area contributed by atoms with Crippen LogP contribution in [0.1, 0.15) is 46.6 Å². The highest BCUT2D eigenvalue weighted by Gasteiger charge is 2.29. The number of carboxylic acids is 1. The minimum atomic E-state index is -4.44. The van der Waals surface area contributed by atoms with Crippen molar-refractivity contribution in [1.82, 2.24) is 14.7 Å². The summed E-state index contributed by atoms with van der Waals surface area (Å²) in [7, 11) is 0. The second-order valence-electron chi connectivity index (χ2n) is 7.98. The molecule has 0 unspecified atom stereocenters. The van der Waals surface area contributed by atoms with E-state index in [0.717, 1.165) is 12.1 Å². The molecule has 0 spiro atoms. The molecule has 0 saturated carbocycles. The second kappa shape index (κ2) is 10.3. The van der Waals surface area contributed by atoms with Crippen LogP contribution in [0.15, 0.2) is 30.5 Å². The van der Waals surface area contributed by atoms with Gasteiger partial charge in [0.25, 0.3) is 5.91 Å². The third kappa shape index (κ3) is 6.25. The van der Waals surface area contributed by atoms with Crippen LogP contribution in [0, 0.1) is 25.5 Å². The van der Waals surface area contributed by atoms with Gasteiger partial charge in [-0.05, 0) is 50.5 Å². The predicted molar refractivity (Wildman–Crippen MR) is 114 cm³/mol. The van der Waals surface area contributed by atoms with Gasteiger partial charge in [0, 0.05) is 12.6 Å². The Morgan fingerprint density at radius 1 is 1.20 bits per heavy atom. The molecule has 1 amide bonds. The van der Waals surface area contributed by atoms with Gasteiger partial charge in [-0.2, -0.15) is 13.2 Å². The molecule has 1 aromatic carbocycles. The lowest BCUT2D eigenvalue weighted by Gasteiger charge is -2.15. The lowest BCUT2D eigenvalue weighted by atomic mass is 10.1. The molecule has 3 aromatic rings. The summed E-state index contributed by atoms with van der Waals surface area (Å²) in [5.74, 6) is -3.79. The van der Waals surface area contributed by atoms with Crippen molar-refractivity contribution in [2.75, 3.05) is 0 Å². The van der Waals surface area contributed by atoms with E-state index in [1.807, 2.05) is 0 Å². The molecule has 0 radical (unpaired) electrons. The Bertz CT molecular complexity index is 1240. The molecule has 2 heterocycles. The van der Waals surface area contributed by atoms with Gasteiger partial charge in [-0.25, -0.2) is 18.6 Å². The normalized spacial score (nSPS) is 12.5. The number of carbonyl (C=O) groups excluding carboxylic acids is 1. The van der Waals surface area contributed by atoms with Crippen LogP contribution < -0.4 is 10.1 Å². The molecule has 0 fully saturated rings. The number of ether oxygens (including phenoxy) is 1. The lowest BCUT2D eigenvalue weighted by molar-refractivity contribution is -0.142. The van der Waals surface area contributed by atoms with Crippen molar-refractivity contribution in [3.05, 3.63) is 64.6 Å². The molecule has 3 rings (SSSR count). The number of amides is 1. The maximum Gasteiger partial charge on any atom is 0.389 e. The van der Waals surface area contributed by atoms with Crippen LogP contribution in [0.2, 0.25) is 0 Å². The first-order chi connectivity index (χ1) is 16.4. The molecular formula is C23H22F5N3O4. The molecule has 7 nitrogen and oxygen atoms in total.